The van der Waals surface area contributed by atoms with Crippen LogP contribution in [-0.2, 0) is 9.53 Å². The van der Waals surface area contributed by atoms with Gasteiger partial charge in [-0.15, -0.1) is 0 Å². The van der Waals surface area contributed by atoms with Crippen LogP contribution in [0.15, 0.2) is 0 Å². The smallest absolute Gasteiger partial charge is 0.350 e. The van der Waals surface area contributed by atoms with E-state index in [-0.39, 0.29) is 0 Å². The lowest BCUT2D eigenvalue weighted by molar-refractivity contribution is -0.161. The van der Waals surface area contributed by atoms with Crippen molar-refractivity contribution in [3.8, 4) is 0 Å². The summed E-state index contributed by atoms with van der Waals surface area (Å²) < 4.78 is 4.37. The van der Waals surface area contributed by atoms with Crippen molar-refractivity contribution in [2.24, 2.45) is 0 Å². The molecule has 4 nitrogen and oxygen atoms in total. The minimum Gasteiger partial charge on any atom is -0.466 e. The Kier molecular flexibility index (Phi) is 4.81. The number of likely N-dealkylation sites (N-methyl/N-ethyl adjacent to an activating group) is 1. The van der Waals surface area contributed by atoms with E-state index < -0.39 is 12.2 Å². The van der Waals surface area contributed by atoms with Gasteiger partial charge in [0.2, 0.25) is 6.23 Å². The number of hydrogen-bond donors (Lipinski definition) is 1. The highest BCUT2D eigenvalue weighted by atomic mass is 16.5. The first-order valence-corrected chi connectivity index (χ1v) is 3.67. The fraction of sp³-hybridized carbons (Fsp3) is 0.857. The number of methoxy groups -OCH3 is 1. The maximum absolute atomic E-state index is 10.8. The van der Waals surface area contributed by atoms with Gasteiger partial charge in [0.05, 0.1) is 7.11 Å². The van der Waals surface area contributed by atoms with Gasteiger partial charge >= 0.3 is 5.97 Å². The molecule has 0 aromatic heterocycles. The summed E-state index contributed by atoms with van der Waals surface area (Å²) in [5.41, 5.74) is 0. The van der Waals surface area contributed by atoms with E-state index in [2.05, 4.69) is 4.74 Å². The van der Waals surface area contributed by atoms with Crippen LogP contribution in [0.5, 0.6) is 0 Å². The van der Waals surface area contributed by atoms with Gasteiger partial charge in [0.15, 0.2) is 0 Å². The summed E-state index contributed by atoms with van der Waals surface area (Å²) in [6, 6.07) is 0. The summed E-state index contributed by atoms with van der Waals surface area (Å²) in [6.07, 6.45) is -1.12. The minimum atomic E-state index is -1.12. The summed E-state index contributed by atoms with van der Waals surface area (Å²) in [6.45, 7) is 5.00. The van der Waals surface area contributed by atoms with Crippen LogP contribution in [0.1, 0.15) is 13.8 Å². The molecule has 0 saturated carbocycles. The van der Waals surface area contributed by atoms with Crippen molar-refractivity contribution in [2.45, 2.75) is 20.1 Å². The van der Waals surface area contributed by atoms with Gasteiger partial charge in [0, 0.05) is 0 Å². The highest BCUT2D eigenvalue weighted by Gasteiger charge is 2.20. The van der Waals surface area contributed by atoms with Crippen LogP contribution in [0.2, 0.25) is 0 Å². The van der Waals surface area contributed by atoms with Gasteiger partial charge in [0.25, 0.3) is 0 Å². The lowest BCUT2D eigenvalue weighted by Crippen LogP contribution is -2.41. The molecule has 4 heteroatoms. The Balaban J connectivity index is 3.97. The molecule has 0 rings (SSSR count). The number of rotatable bonds is 4. The molecular weight excluding hydrogens is 146 g/mol. The van der Waals surface area contributed by atoms with Gasteiger partial charge in [-0.05, 0) is 13.1 Å². The number of esters is 1. The Morgan fingerprint density at radius 1 is 1.55 bits per heavy atom. The monoisotopic (exact) mass is 161 g/mol. The molecular formula is C7H15NO3. The summed E-state index contributed by atoms with van der Waals surface area (Å²) >= 11 is 0. The van der Waals surface area contributed by atoms with Crippen LogP contribution in [0.25, 0.3) is 0 Å². The predicted molar refractivity (Wildman–Crippen MR) is 40.9 cm³/mol. The Bertz CT molecular complexity index is 123. The van der Waals surface area contributed by atoms with E-state index in [4.69, 9.17) is 0 Å². The third-order valence-corrected chi connectivity index (χ3v) is 1.57. The SMILES string of the molecule is CCN(CC)C(O)C(=O)OC. The lowest BCUT2D eigenvalue weighted by Gasteiger charge is -2.22. The molecule has 0 aliphatic heterocycles. The summed E-state index contributed by atoms with van der Waals surface area (Å²) in [7, 11) is 1.26. The Morgan fingerprint density at radius 2 is 2.00 bits per heavy atom. The Morgan fingerprint density at radius 3 is 2.27 bits per heavy atom. The van der Waals surface area contributed by atoms with Gasteiger partial charge in [-0.25, -0.2) is 4.79 Å². The van der Waals surface area contributed by atoms with E-state index in [0.717, 1.165) is 0 Å². The average Bonchev–Trinajstić information content (AvgIpc) is 2.05. The maximum Gasteiger partial charge on any atom is 0.350 e. The van der Waals surface area contributed by atoms with E-state index in [0.29, 0.717) is 13.1 Å². The van der Waals surface area contributed by atoms with Crippen molar-refractivity contribution in [3.05, 3.63) is 0 Å². The molecule has 0 bridgehead atoms. The summed E-state index contributed by atoms with van der Waals surface area (Å²) in [5.74, 6) is -0.603. The zero-order valence-corrected chi connectivity index (χ0v) is 7.20. The van der Waals surface area contributed by atoms with Crippen LogP contribution >= 0.6 is 0 Å². The van der Waals surface area contributed by atoms with Crippen LogP contribution in [0.3, 0.4) is 0 Å². The average molecular weight is 161 g/mol. The summed E-state index contributed by atoms with van der Waals surface area (Å²) in [5, 5.41) is 9.23. The van der Waals surface area contributed by atoms with Crippen molar-refractivity contribution in [1.82, 2.24) is 4.90 Å². The molecule has 0 fully saturated rings. The quantitative estimate of drug-likeness (QED) is 0.459. The molecule has 1 N–H and O–H groups in total. The molecule has 0 aliphatic carbocycles. The normalized spacial score (nSPS) is 13.2. The first kappa shape index (κ1) is 10.4. The predicted octanol–water partition coefficient (Wildman–Crippen LogP) is -0.180. The molecule has 0 heterocycles. The highest BCUT2D eigenvalue weighted by Crippen LogP contribution is 1.96. The number of aliphatic hydroxyl groups excluding tert-OH is 1. The summed E-state index contributed by atoms with van der Waals surface area (Å²) in [4.78, 5) is 12.4. The second-order valence-corrected chi connectivity index (χ2v) is 2.12. The number of ether oxygens (including phenoxy) is 1. The van der Waals surface area contributed by atoms with Crippen LogP contribution in [0, 0.1) is 0 Å². The van der Waals surface area contributed by atoms with Crippen molar-refractivity contribution >= 4 is 5.97 Å². The number of hydrogen-bond acceptors (Lipinski definition) is 4. The van der Waals surface area contributed by atoms with Crippen molar-refractivity contribution in [1.29, 1.82) is 0 Å². The second-order valence-electron chi connectivity index (χ2n) is 2.12. The molecule has 0 aromatic rings. The van der Waals surface area contributed by atoms with Crippen molar-refractivity contribution in [3.63, 3.8) is 0 Å². The van der Waals surface area contributed by atoms with Crippen molar-refractivity contribution < 1.29 is 14.6 Å². The number of aliphatic hydroxyl groups is 1. The Labute approximate surface area is 66.8 Å². The number of nitrogens with zero attached hydrogens (tertiary/aromatic N) is 1. The van der Waals surface area contributed by atoms with E-state index in [9.17, 15) is 9.90 Å². The van der Waals surface area contributed by atoms with E-state index in [1.165, 1.54) is 7.11 Å². The maximum atomic E-state index is 10.8. The van der Waals surface area contributed by atoms with Crippen LogP contribution in [-0.4, -0.2) is 42.4 Å². The fourth-order valence-corrected chi connectivity index (χ4v) is 0.824. The molecule has 1 unspecified atom stereocenters. The highest BCUT2D eigenvalue weighted by molar-refractivity contribution is 5.73. The molecule has 66 valence electrons. The van der Waals surface area contributed by atoms with E-state index >= 15 is 0 Å². The van der Waals surface area contributed by atoms with Crippen LogP contribution in [0.4, 0.5) is 0 Å². The molecule has 0 aromatic carbocycles. The molecule has 0 radical (unpaired) electrons. The molecule has 0 saturated heterocycles. The van der Waals surface area contributed by atoms with Gasteiger partial charge in [-0.3, -0.25) is 4.90 Å². The topological polar surface area (TPSA) is 49.8 Å². The number of carbonyl (C=O) groups excluding carboxylic acids is 1. The zero-order valence-electron chi connectivity index (χ0n) is 7.20. The van der Waals surface area contributed by atoms with Gasteiger partial charge in [-0.2, -0.15) is 0 Å². The molecule has 1 atom stereocenters. The molecule has 0 amide bonds. The van der Waals surface area contributed by atoms with Crippen molar-refractivity contribution in [2.75, 3.05) is 20.2 Å². The molecule has 0 spiro atoms. The van der Waals surface area contributed by atoms with Gasteiger partial charge < -0.3 is 9.84 Å². The van der Waals surface area contributed by atoms with E-state index in [1.807, 2.05) is 13.8 Å². The first-order chi connectivity index (χ1) is 5.17. The van der Waals surface area contributed by atoms with Gasteiger partial charge in [-0.1, -0.05) is 13.8 Å². The standard InChI is InChI=1S/C7H15NO3/c1-4-8(5-2)6(9)7(10)11-3/h6,9H,4-5H2,1-3H3. The second kappa shape index (κ2) is 5.09. The Hall–Kier alpha value is -0.610. The van der Waals surface area contributed by atoms with E-state index in [1.54, 1.807) is 4.90 Å². The third kappa shape index (κ3) is 2.86. The zero-order chi connectivity index (χ0) is 8.85. The molecule has 0 aliphatic rings. The first-order valence-electron chi connectivity index (χ1n) is 3.67. The number of carbonyl (C=O) groups is 1. The third-order valence-electron chi connectivity index (χ3n) is 1.57. The van der Waals surface area contributed by atoms with Crippen LogP contribution < -0.4 is 0 Å². The minimum absolute atomic E-state index is 0.603. The largest absolute Gasteiger partial charge is 0.466 e. The lowest BCUT2D eigenvalue weighted by atomic mass is 10.4. The van der Waals surface area contributed by atoms with Gasteiger partial charge in [0.1, 0.15) is 0 Å². The molecule has 11 heavy (non-hydrogen) atoms. The fourth-order valence-electron chi connectivity index (χ4n) is 0.824.